The van der Waals surface area contributed by atoms with Gasteiger partial charge in [0.2, 0.25) is 9.84 Å². The third-order valence-corrected chi connectivity index (χ3v) is 10.2. The molecule has 0 aliphatic carbocycles. The summed E-state index contributed by atoms with van der Waals surface area (Å²) < 4.78 is 100. The fourth-order valence-electron chi connectivity index (χ4n) is 5.91. The molecular weight excluding hydrogens is 652 g/mol. The number of aryl methyl sites for hydroxylation is 2. The van der Waals surface area contributed by atoms with Crippen molar-refractivity contribution in [1.29, 1.82) is 0 Å². The van der Waals surface area contributed by atoms with Gasteiger partial charge < -0.3 is 9.47 Å². The first-order valence-electron chi connectivity index (χ1n) is 15.2. The lowest BCUT2D eigenvalue weighted by Gasteiger charge is -2.17. The Morgan fingerprint density at radius 1 is 0.449 bits per heavy atom. The van der Waals surface area contributed by atoms with Gasteiger partial charge in [-0.1, -0.05) is 47.5 Å². The van der Waals surface area contributed by atoms with E-state index in [0.29, 0.717) is 22.6 Å². The number of benzene rings is 6. The maximum Gasteiger partial charge on any atom is 0.207 e. The summed E-state index contributed by atoms with van der Waals surface area (Å²) in [6.45, 7) is 3.71. The van der Waals surface area contributed by atoms with E-state index in [4.69, 9.17) is 9.47 Å². The zero-order chi connectivity index (χ0) is 35.0. The Labute approximate surface area is 282 Å². The molecule has 0 saturated carbocycles. The summed E-state index contributed by atoms with van der Waals surface area (Å²) in [6.07, 6.45) is 0. The Morgan fingerprint density at radius 2 is 0.857 bits per heavy atom. The van der Waals surface area contributed by atoms with E-state index >= 15 is 8.78 Å². The normalized spacial score (nSPS) is 11.4. The maximum atomic E-state index is 15.7. The van der Waals surface area contributed by atoms with Crippen LogP contribution in [0.3, 0.4) is 0 Å². The Balaban J connectivity index is 1.47. The Bertz CT molecular complexity index is 2190. The van der Waals surface area contributed by atoms with Crippen LogP contribution in [0.4, 0.5) is 17.6 Å². The summed E-state index contributed by atoms with van der Waals surface area (Å²) in [5.74, 6) is -1.98. The van der Waals surface area contributed by atoms with Gasteiger partial charge in [0, 0.05) is 33.4 Å². The van der Waals surface area contributed by atoms with E-state index in [1.165, 1.54) is 38.5 Å². The van der Waals surface area contributed by atoms with Crippen LogP contribution < -0.4 is 9.47 Å². The van der Waals surface area contributed by atoms with Crippen LogP contribution in [0.2, 0.25) is 0 Å². The minimum atomic E-state index is -4.53. The van der Waals surface area contributed by atoms with Gasteiger partial charge in [-0.05, 0) is 97.8 Å². The van der Waals surface area contributed by atoms with Crippen LogP contribution in [0.25, 0.3) is 44.5 Å². The maximum absolute atomic E-state index is 15.7. The molecule has 49 heavy (non-hydrogen) atoms. The molecule has 0 aliphatic rings. The summed E-state index contributed by atoms with van der Waals surface area (Å²) in [5.41, 5.74) is 3.13. The van der Waals surface area contributed by atoms with Gasteiger partial charge in [-0.2, -0.15) is 0 Å². The van der Waals surface area contributed by atoms with E-state index in [-0.39, 0.29) is 43.2 Å². The van der Waals surface area contributed by atoms with Crippen molar-refractivity contribution in [2.75, 3.05) is 14.2 Å². The summed E-state index contributed by atoms with van der Waals surface area (Å²) in [4.78, 5) is -0.688. The third kappa shape index (κ3) is 6.41. The molecule has 0 unspecified atom stereocenters. The summed E-state index contributed by atoms with van der Waals surface area (Å²) in [5, 5.41) is 0. The zero-order valence-corrected chi connectivity index (χ0v) is 27.8. The number of ether oxygens (including phenoxy) is 2. The van der Waals surface area contributed by atoms with Gasteiger partial charge in [-0.15, -0.1) is 0 Å². The minimum Gasteiger partial charge on any atom is -0.496 e. The number of hydrogen-bond donors (Lipinski definition) is 0. The highest BCUT2D eigenvalue weighted by molar-refractivity contribution is 7.91. The molecule has 6 aromatic carbocycles. The van der Waals surface area contributed by atoms with Crippen LogP contribution in [0.15, 0.2) is 119 Å². The lowest BCUT2D eigenvalue weighted by atomic mass is 9.97. The molecule has 0 bridgehead atoms. The second kappa shape index (κ2) is 13.2. The van der Waals surface area contributed by atoms with Crippen molar-refractivity contribution < 1.29 is 35.5 Å². The molecule has 0 heterocycles. The SMILES string of the molecule is COc1ccc(C)cc1-c1ccc(-c2cc(F)ccc2S(=O)(=O)c2ccc(F)cc2-c2ccc(-c3cc(C)ccc3OC)c(F)c2)cc1F. The molecule has 0 radical (unpaired) electrons. The minimum absolute atomic E-state index is 0.0945. The monoisotopic (exact) mass is 682 g/mol. The van der Waals surface area contributed by atoms with Gasteiger partial charge >= 0.3 is 0 Å². The lowest BCUT2D eigenvalue weighted by molar-refractivity contribution is 0.416. The second-order valence-corrected chi connectivity index (χ2v) is 13.5. The van der Waals surface area contributed by atoms with E-state index < -0.39 is 33.1 Å². The van der Waals surface area contributed by atoms with Crippen LogP contribution in [-0.2, 0) is 9.84 Å². The van der Waals surface area contributed by atoms with Crippen LogP contribution in [0.5, 0.6) is 11.5 Å². The highest BCUT2D eigenvalue weighted by atomic mass is 32.2. The largest absolute Gasteiger partial charge is 0.496 e. The molecular formula is C40H30F4O4S. The summed E-state index contributed by atoms with van der Waals surface area (Å²) >= 11 is 0. The molecule has 0 fully saturated rings. The predicted molar refractivity (Wildman–Crippen MR) is 182 cm³/mol. The molecule has 0 saturated heterocycles. The molecule has 0 aliphatic heterocycles. The Kier molecular flexibility index (Phi) is 9.05. The van der Waals surface area contributed by atoms with Crippen molar-refractivity contribution in [1.82, 2.24) is 0 Å². The molecule has 4 nitrogen and oxygen atoms in total. The van der Waals surface area contributed by atoms with Gasteiger partial charge in [-0.25, -0.2) is 26.0 Å². The third-order valence-electron chi connectivity index (χ3n) is 8.31. The van der Waals surface area contributed by atoms with E-state index in [2.05, 4.69) is 0 Å². The molecule has 9 heteroatoms. The number of sulfone groups is 1. The molecule has 0 aromatic heterocycles. The molecule has 6 rings (SSSR count). The Morgan fingerprint density at radius 3 is 1.22 bits per heavy atom. The fourth-order valence-corrected chi connectivity index (χ4v) is 7.57. The average Bonchev–Trinajstić information content (AvgIpc) is 3.08. The number of methoxy groups -OCH3 is 2. The average molecular weight is 683 g/mol. The van der Waals surface area contributed by atoms with Gasteiger partial charge in [0.1, 0.15) is 34.8 Å². The highest BCUT2D eigenvalue weighted by Gasteiger charge is 2.27. The van der Waals surface area contributed by atoms with Gasteiger partial charge in [0.25, 0.3) is 0 Å². The van der Waals surface area contributed by atoms with E-state index in [1.807, 2.05) is 26.0 Å². The summed E-state index contributed by atoms with van der Waals surface area (Å²) in [7, 11) is -1.59. The van der Waals surface area contributed by atoms with Crippen LogP contribution >= 0.6 is 0 Å². The first-order chi connectivity index (χ1) is 23.4. The smallest absolute Gasteiger partial charge is 0.207 e. The second-order valence-electron chi connectivity index (χ2n) is 11.6. The fraction of sp³-hybridized carbons (Fsp3) is 0.100. The van der Waals surface area contributed by atoms with Crippen molar-refractivity contribution >= 4 is 9.84 Å². The predicted octanol–water partition coefficient (Wildman–Crippen LogP) is 10.4. The van der Waals surface area contributed by atoms with Crippen molar-refractivity contribution in [2.45, 2.75) is 23.6 Å². The van der Waals surface area contributed by atoms with Crippen LogP contribution in [-0.4, -0.2) is 22.6 Å². The number of rotatable bonds is 8. The lowest BCUT2D eigenvalue weighted by Crippen LogP contribution is -2.07. The van der Waals surface area contributed by atoms with Gasteiger partial charge in [-0.3, -0.25) is 0 Å². The standard InChI is InChI=1S/C40H30F4O4S/c1-23-5-13-37(47-3)33(17-23)29-11-7-25(19-35(29)43)31-21-27(41)9-15-39(31)49(45,46)40-16-10-28(42)22-32(40)26-8-12-30(36(44)20-26)34-18-24(2)6-14-38(34)48-4/h5-22H,1-4H3. The molecule has 0 spiro atoms. The Hall–Kier alpha value is -5.41. The molecule has 0 atom stereocenters. The van der Waals surface area contributed by atoms with Gasteiger partial charge in [0.15, 0.2) is 0 Å². The van der Waals surface area contributed by atoms with E-state index in [9.17, 15) is 17.2 Å². The van der Waals surface area contributed by atoms with Crippen LogP contribution in [0, 0.1) is 37.1 Å². The van der Waals surface area contributed by atoms with Gasteiger partial charge in [0.05, 0.1) is 24.0 Å². The quantitative estimate of drug-likeness (QED) is 0.118. The first-order valence-corrected chi connectivity index (χ1v) is 16.6. The van der Waals surface area contributed by atoms with Crippen molar-refractivity contribution in [3.05, 3.63) is 144 Å². The molecule has 6 aromatic rings. The van der Waals surface area contributed by atoms with Crippen molar-refractivity contribution in [3.63, 3.8) is 0 Å². The highest BCUT2D eigenvalue weighted by Crippen LogP contribution is 2.41. The number of hydrogen-bond acceptors (Lipinski definition) is 4. The molecule has 0 amide bonds. The zero-order valence-electron chi connectivity index (χ0n) is 26.9. The van der Waals surface area contributed by atoms with Crippen molar-refractivity contribution in [3.8, 4) is 56.0 Å². The van der Waals surface area contributed by atoms with Crippen LogP contribution in [0.1, 0.15) is 11.1 Å². The van der Waals surface area contributed by atoms with Crippen molar-refractivity contribution in [2.24, 2.45) is 0 Å². The molecule has 248 valence electrons. The molecule has 0 N–H and O–H groups in total. The first kappa shape index (κ1) is 33.5. The topological polar surface area (TPSA) is 52.6 Å². The number of halogens is 4. The van der Waals surface area contributed by atoms with E-state index in [1.54, 1.807) is 24.3 Å². The summed E-state index contributed by atoms with van der Waals surface area (Å²) in [6, 6.07) is 24.9. The van der Waals surface area contributed by atoms with E-state index in [0.717, 1.165) is 59.7 Å².